The third-order valence-corrected chi connectivity index (χ3v) is 6.56. The van der Waals surface area contributed by atoms with E-state index in [1.54, 1.807) is 0 Å². The lowest BCUT2D eigenvalue weighted by atomic mass is 9.83. The Morgan fingerprint density at radius 1 is 1.30 bits per heavy atom. The minimum absolute atomic E-state index is 0.185. The second-order valence-corrected chi connectivity index (χ2v) is 8.22. The van der Waals surface area contributed by atoms with Gasteiger partial charge in [-0.15, -0.1) is 0 Å². The largest absolute Gasteiger partial charge is 0.393 e. The van der Waals surface area contributed by atoms with E-state index in [1.165, 1.54) is 56.6 Å². The molecule has 3 aliphatic rings. The van der Waals surface area contributed by atoms with Gasteiger partial charge in [-0.25, -0.2) is 0 Å². The van der Waals surface area contributed by atoms with Crippen molar-refractivity contribution < 1.29 is 4.74 Å². The Balaban J connectivity index is 1.62. The zero-order valence-corrected chi connectivity index (χ0v) is 13.8. The zero-order valence-electron chi connectivity index (χ0n) is 12.2. The van der Waals surface area contributed by atoms with E-state index in [0.29, 0.717) is 16.9 Å². The molecule has 114 valence electrons. The van der Waals surface area contributed by atoms with Gasteiger partial charge in [0.2, 0.25) is 0 Å². The van der Waals surface area contributed by atoms with Crippen LogP contribution >= 0.6 is 24.0 Å². The normalized spacial score (nSPS) is 35.0. The Bertz CT molecular complexity index is 352. The van der Waals surface area contributed by atoms with Gasteiger partial charge in [-0.1, -0.05) is 12.2 Å². The first kappa shape index (κ1) is 15.1. The van der Waals surface area contributed by atoms with Crippen LogP contribution in [-0.4, -0.2) is 52.7 Å². The van der Waals surface area contributed by atoms with Crippen molar-refractivity contribution in [2.24, 2.45) is 11.7 Å². The molecule has 3 heterocycles. The lowest BCUT2D eigenvalue weighted by molar-refractivity contribution is -0.113. The summed E-state index contributed by atoms with van der Waals surface area (Å²) in [7, 11) is 0. The summed E-state index contributed by atoms with van der Waals surface area (Å²) in [6, 6.07) is 0.684. The van der Waals surface area contributed by atoms with E-state index in [0.717, 1.165) is 13.2 Å². The van der Waals surface area contributed by atoms with Crippen LogP contribution in [0, 0.1) is 5.92 Å². The highest BCUT2D eigenvalue weighted by atomic mass is 32.2. The lowest BCUT2D eigenvalue weighted by Gasteiger charge is -2.48. The van der Waals surface area contributed by atoms with Gasteiger partial charge < -0.3 is 10.5 Å². The molecule has 0 amide bonds. The van der Waals surface area contributed by atoms with Gasteiger partial charge in [0.1, 0.15) is 0 Å². The summed E-state index contributed by atoms with van der Waals surface area (Å²) >= 11 is 7.29. The van der Waals surface area contributed by atoms with Crippen LogP contribution in [0.15, 0.2) is 0 Å². The van der Waals surface area contributed by atoms with Crippen molar-refractivity contribution in [2.75, 3.05) is 31.2 Å². The standard InChI is InChI=1S/C15H26N2OS2/c16-14(19)12-2-1-6-17(11-12)13-3-7-18-15(10-13)4-8-20-9-5-15/h12-13H,1-11H2,(H2,16,19). The Kier molecular flexibility index (Phi) is 4.90. The number of hydrogen-bond donors (Lipinski definition) is 1. The number of thiocarbonyl (C=S) groups is 1. The molecule has 0 aromatic rings. The topological polar surface area (TPSA) is 38.5 Å². The fourth-order valence-electron chi connectivity index (χ4n) is 3.98. The Morgan fingerprint density at radius 3 is 2.85 bits per heavy atom. The van der Waals surface area contributed by atoms with Crippen molar-refractivity contribution in [2.45, 2.75) is 50.2 Å². The SMILES string of the molecule is NC(=S)C1CCCN(C2CCOC3(CCSCC3)C2)C1. The first-order valence-corrected chi connectivity index (χ1v) is 9.50. The van der Waals surface area contributed by atoms with Crippen LogP contribution in [-0.2, 0) is 4.74 Å². The number of hydrogen-bond acceptors (Lipinski definition) is 4. The number of likely N-dealkylation sites (tertiary alicyclic amines) is 1. The molecule has 0 aromatic carbocycles. The molecule has 0 aliphatic carbocycles. The van der Waals surface area contributed by atoms with Crippen LogP contribution in [0.2, 0.25) is 0 Å². The Labute approximate surface area is 132 Å². The van der Waals surface area contributed by atoms with Crippen LogP contribution in [0.3, 0.4) is 0 Å². The molecule has 3 rings (SSSR count). The average Bonchev–Trinajstić information content (AvgIpc) is 2.48. The third-order valence-electron chi connectivity index (χ3n) is 5.24. The summed E-state index contributed by atoms with van der Waals surface area (Å²) in [6.45, 7) is 3.23. The van der Waals surface area contributed by atoms with Crippen LogP contribution in [0.25, 0.3) is 0 Å². The first-order valence-electron chi connectivity index (χ1n) is 7.94. The minimum Gasteiger partial charge on any atom is -0.393 e. The van der Waals surface area contributed by atoms with Gasteiger partial charge in [-0.05, 0) is 56.6 Å². The number of nitrogens with zero attached hydrogens (tertiary/aromatic N) is 1. The first-order chi connectivity index (χ1) is 9.69. The van der Waals surface area contributed by atoms with E-state index in [4.69, 9.17) is 22.7 Å². The van der Waals surface area contributed by atoms with E-state index < -0.39 is 0 Å². The summed E-state index contributed by atoms with van der Waals surface area (Å²) in [5.74, 6) is 2.96. The summed E-state index contributed by atoms with van der Waals surface area (Å²) in [5.41, 5.74) is 6.06. The van der Waals surface area contributed by atoms with Crippen LogP contribution in [0.1, 0.15) is 38.5 Å². The van der Waals surface area contributed by atoms with Gasteiger partial charge in [0, 0.05) is 25.1 Å². The zero-order chi connectivity index (χ0) is 14.0. The second kappa shape index (κ2) is 6.51. The summed E-state index contributed by atoms with van der Waals surface area (Å²) in [5, 5.41) is 0. The molecule has 0 radical (unpaired) electrons. The summed E-state index contributed by atoms with van der Waals surface area (Å²) < 4.78 is 6.21. The molecule has 3 fully saturated rings. The molecule has 0 saturated carbocycles. The van der Waals surface area contributed by atoms with Crippen LogP contribution < -0.4 is 5.73 Å². The van der Waals surface area contributed by atoms with Gasteiger partial charge >= 0.3 is 0 Å². The third kappa shape index (κ3) is 3.32. The number of thioether (sulfide) groups is 1. The molecule has 0 aromatic heterocycles. The van der Waals surface area contributed by atoms with Crippen LogP contribution in [0.4, 0.5) is 0 Å². The molecule has 3 nitrogen and oxygen atoms in total. The highest BCUT2D eigenvalue weighted by molar-refractivity contribution is 7.99. The molecule has 5 heteroatoms. The summed E-state index contributed by atoms with van der Waals surface area (Å²) in [4.78, 5) is 3.37. The smallest absolute Gasteiger partial charge is 0.0771 e. The average molecular weight is 315 g/mol. The molecule has 20 heavy (non-hydrogen) atoms. The maximum Gasteiger partial charge on any atom is 0.0771 e. The maximum atomic E-state index is 6.21. The van der Waals surface area contributed by atoms with Crippen molar-refractivity contribution in [1.82, 2.24) is 4.90 Å². The maximum absolute atomic E-state index is 6.21. The number of ether oxygens (including phenoxy) is 1. The van der Waals surface area contributed by atoms with E-state index in [1.807, 2.05) is 0 Å². The highest BCUT2D eigenvalue weighted by Crippen LogP contribution is 2.39. The van der Waals surface area contributed by atoms with Crippen molar-refractivity contribution in [3.8, 4) is 0 Å². The number of rotatable bonds is 2. The Morgan fingerprint density at radius 2 is 2.10 bits per heavy atom. The number of piperidine rings is 1. The van der Waals surface area contributed by atoms with Gasteiger partial charge in [0.05, 0.1) is 10.6 Å². The van der Waals surface area contributed by atoms with Gasteiger partial charge in [0.25, 0.3) is 0 Å². The van der Waals surface area contributed by atoms with E-state index >= 15 is 0 Å². The molecule has 2 unspecified atom stereocenters. The quantitative estimate of drug-likeness (QED) is 0.793. The second-order valence-electron chi connectivity index (χ2n) is 6.53. The van der Waals surface area contributed by atoms with Crippen molar-refractivity contribution in [3.05, 3.63) is 0 Å². The molecule has 2 atom stereocenters. The highest BCUT2D eigenvalue weighted by Gasteiger charge is 2.41. The Hall–Kier alpha value is 0.160. The van der Waals surface area contributed by atoms with Crippen LogP contribution in [0.5, 0.6) is 0 Å². The molecule has 3 saturated heterocycles. The van der Waals surface area contributed by atoms with E-state index in [-0.39, 0.29) is 5.60 Å². The van der Waals surface area contributed by atoms with Gasteiger partial charge in [-0.3, -0.25) is 4.90 Å². The molecule has 1 spiro atoms. The fraction of sp³-hybridized carbons (Fsp3) is 0.933. The number of nitrogens with two attached hydrogens (primary N) is 1. The summed E-state index contributed by atoms with van der Waals surface area (Å²) in [6.07, 6.45) is 7.29. The predicted octanol–water partition coefficient (Wildman–Crippen LogP) is 2.43. The fourth-order valence-corrected chi connectivity index (χ4v) is 5.40. The van der Waals surface area contributed by atoms with E-state index in [2.05, 4.69) is 16.7 Å². The molecule has 2 N–H and O–H groups in total. The van der Waals surface area contributed by atoms with Gasteiger partial charge in [-0.2, -0.15) is 11.8 Å². The van der Waals surface area contributed by atoms with Crippen molar-refractivity contribution >= 4 is 29.0 Å². The molecular weight excluding hydrogens is 288 g/mol. The minimum atomic E-state index is 0.185. The predicted molar refractivity (Wildman–Crippen MR) is 89.3 cm³/mol. The lowest BCUT2D eigenvalue weighted by Crippen LogP contribution is -2.53. The molecule has 3 aliphatic heterocycles. The molecule has 0 bridgehead atoms. The molecular formula is C15H26N2OS2. The van der Waals surface area contributed by atoms with Crippen molar-refractivity contribution in [1.29, 1.82) is 0 Å². The monoisotopic (exact) mass is 314 g/mol. The van der Waals surface area contributed by atoms with Crippen molar-refractivity contribution in [3.63, 3.8) is 0 Å². The van der Waals surface area contributed by atoms with Gasteiger partial charge in [0.15, 0.2) is 0 Å². The van der Waals surface area contributed by atoms with E-state index in [9.17, 15) is 0 Å².